The van der Waals surface area contributed by atoms with Gasteiger partial charge in [-0.25, -0.2) is 0 Å². The Labute approximate surface area is 82.3 Å². The molecule has 0 aliphatic rings. The van der Waals surface area contributed by atoms with Gasteiger partial charge in [-0.1, -0.05) is 31.1 Å². The van der Waals surface area contributed by atoms with Crippen molar-refractivity contribution in [2.45, 2.75) is 19.5 Å². The molecule has 0 bridgehead atoms. The minimum Gasteiger partial charge on any atom is -0.372 e. The molecule has 0 saturated heterocycles. The Morgan fingerprint density at radius 1 is 1.46 bits per heavy atom. The Kier molecular flexibility index (Phi) is 8.73. The summed E-state index contributed by atoms with van der Waals surface area (Å²) in [5.74, 6) is 5.67. The molecule has 0 N–H and O–H groups in total. The van der Waals surface area contributed by atoms with Gasteiger partial charge in [0.1, 0.15) is 6.61 Å². The quantitative estimate of drug-likeness (QED) is 0.381. The Morgan fingerprint density at radius 2 is 2.23 bits per heavy atom. The molecule has 0 aromatic carbocycles. The molecule has 0 aromatic heterocycles. The summed E-state index contributed by atoms with van der Waals surface area (Å²) in [5.41, 5.74) is 3.78. The van der Waals surface area contributed by atoms with Crippen LogP contribution in [-0.4, -0.2) is 24.8 Å². The first-order valence-electron chi connectivity index (χ1n) is 4.18. The lowest BCUT2D eigenvalue weighted by molar-refractivity contribution is 0.240. The minimum atomic E-state index is 0.488. The normalized spacial score (nSPS) is 9.85. The van der Waals surface area contributed by atoms with E-state index < -0.39 is 0 Å². The maximum atomic E-state index is 4.77. The highest BCUT2D eigenvalue weighted by atomic mass is 31.1. The number of hydrogen-bond acceptors (Lipinski definition) is 1. The fraction of sp³-hybridized carbons (Fsp3) is 0.455. The summed E-state index contributed by atoms with van der Waals surface area (Å²) in [6.45, 7) is 4.80. The van der Waals surface area contributed by atoms with Gasteiger partial charge in [0, 0.05) is 12.8 Å². The largest absolute Gasteiger partial charge is 0.372 e. The maximum Gasteiger partial charge on any atom is 0.107 e. The van der Waals surface area contributed by atoms with Crippen LogP contribution in [0.3, 0.4) is 0 Å². The van der Waals surface area contributed by atoms with E-state index >= 15 is 0 Å². The second kappa shape index (κ2) is 9.30. The first-order chi connectivity index (χ1) is 6.27. The molecule has 0 saturated carbocycles. The zero-order valence-corrected chi connectivity index (χ0v) is 9.27. The molecular weight excluding hydrogens is 179 g/mol. The van der Waals surface area contributed by atoms with Crippen LogP contribution in [0.25, 0.3) is 0 Å². The van der Waals surface area contributed by atoms with Gasteiger partial charge in [-0.3, -0.25) is 0 Å². The van der Waals surface area contributed by atoms with Crippen LogP contribution >= 0.6 is 8.20 Å². The number of allylic oxidation sites excluding steroid dienone is 3. The van der Waals surface area contributed by atoms with Crippen LogP contribution < -0.4 is 0 Å². The van der Waals surface area contributed by atoms with Crippen molar-refractivity contribution in [3.8, 4) is 11.8 Å². The SMILES string of the molecule is COCC#C/C=C\C=C=PC(C)C. The highest BCUT2D eigenvalue weighted by molar-refractivity contribution is 7.38. The van der Waals surface area contributed by atoms with Crippen molar-refractivity contribution in [2.24, 2.45) is 0 Å². The molecule has 2 heteroatoms. The van der Waals surface area contributed by atoms with Crippen LogP contribution in [0, 0.1) is 11.8 Å². The molecule has 13 heavy (non-hydrogen) atoms. The minimum absolute atomic E-state index is 0.488. The third kappa shape index (κ3) is 11.2. The number of rotatable bonds is 3. The van der Waals surface area contributed by atoms with Crippen molar-refractivity contribution in [3.05, 3.63) is 18.2 Å². The summed E-state index contributed by atoms with van der Waals surface area (Å²) in [4.78, 5) is 0. The first-order valence-corrected chi connectivity index (χ1v) is 5.14. The third-order valence-corrected chi connectivity index (χ3v) is 1.82. The lowest BCUT2D eigenvalue weighted by Gasteiger charge is -1.84. The maximum absolute atomic E-state index is 4.77. The Hall–Kier alpha value is -0.790. The van der Waals surface area contributed by atoms with E-state index in [0.717, 1.165) is 0 Å². The van der Waals surface area contributed by atoms with E-state index in [2.05, 4.69) is 31.1 Å². The number of hydrogen-bond donors (Lipinski definition) is 0. The standard InChI is InChI=1S/C11H15OP/c1-11(2)13-10-8-6-4-5-7-9-12-3/h4,6,8,11H,9H2,1-3H3/b6-4-. The highest BCUT2D eigenvalue weighted by Crippen LogP contribution is 2.01. The van der Waals surface area contributed by atoms with Crippen LogP contribution in [0.5, 0.6) is 0 Å². The Morgan fingerprint density at radius 3 is 2.85 bits per heavy atom. The van der Waals surface area contributed by atoms with E-state index in [1.807, 2.05) is 12.2 Å². The van der Waals surface area contributed by atoms with Crippen LogP contribution in [0.1, 0.15) is 13.8 Å². The number of methoxy groups -OCH3 is 1. The summed E-state index contributed by atoms with van der Waals surface area (Å²) in [5, 5.41) is 0. The summed E-state index contributed by atoms with van der Waals surface area (Å²) >= 11 is 0. The van der Waals surface area contributed by atoms with Gasteiger partial charge in [-0.2, -0.15) is 0 Å². The van der Waals surface area contributed by atoms with Gasteiger partial charge in [0.15, 0.2) is 0 Å². The van der Waals surface area contributed by atoms with Gasteiger partial charge in [0.2, 0.25) is 0 Å². The topological polar surface area (TPSA) is 9.23 Å². The third-order valence-electron chi connectivity index (χ3n) is 1.00. The van der Waals surface area contributed by atoms with Crippen LogP contribution in [0.15, 0.2) is 18.2 Å². The molecule has 0 radical (unpaired) electrons. The molecule has 70 valence electrons. The summed E-state index contributed by atoms with van der Waals surface area (Å²) in [6, 6.07) is 0. The molecule has 0 unspecified atom stereocenters. The Balaban J connectivity index is 3.77. The van der Waals surface area contributed by atoms with Gasteiger partial charge < -0.3 is 4.74 Å². The Bertz CT molecular complexity index is 260. The predicted molar refractivity (Wildman–Crippen MR) is 60.4 cm³/mol. The summed E-state index contributed by atoms with van der Waals surface area (Å²) < 4.78 is 4.77. The smallest absolute Gasteiger partial charge is 0.107 e. The molecule has 0 heterocycles. The fourth-order valence-electron chi connectivity index (χ4n) is 0.504. The molecule has 0 fully saturated rings. The van der Waals surface area contributed by atoms with Crippen molar-refractivity contribution >= 4 is 13.7 Å². The van der Waals surface area contributed by atoms with Crippen LogP contribution in [0.4, 0.5) is 0 Å². The van der Waals surface area contributed by atoms with Crippen molar-refractivity contribution in [1.29, 1.82) is 0 Å². The summed E-state index contributed by atoms with van der Waals surface area (Å²) in [6.07, 6.45) is 5.57. The van der Waals surface area contributed by atoms with Gasteiger partial charge in [0.05, 0.1) is 0 Å². The molecule has 0 spiro atoms. The summed E-state index contributed by atoms with van der Waals surface area (Å²) in [7, 11) is 2.85. The van der Waals surface area contributed by atoms with Crippen LogP contribution in [0.2, 0.25) is 0 Å². The van der Waals surface area contributed by atoms with Gasteiger partial charge >= 0.3 is 0 Å². The lowest BCUT2D eigenvalue weighted by atomic mass is 10.5. The lowest BCUT2D eigenvalue weighted by Crippen LogP contribution is -1.79. The molecule has 0 aliphatic heterocycles. The van der Waals surface area contributed by atoms with Gasteiger partial charge in [-0.05, 0) is 26.4 Å². The molecule has 0 aromatic rings. The molecule has 1 nitrogen and oxygen atoms in total. The molecular formula is C11H15OP. The monoisotopic (exact) mass is 194 g/mol. The van der Waals surface area contributed by atoms with E-state index in [1.54, 1.807) is 13.2 Å². The highest BCUT2D eigenvalue weighted by Gasteiger charge is 1.78. The number of ether oxygens (including phenoxy) is 1. The first kappa shape index (κ1) is 12.2. The van der Waals surface area contributed by atoms with Crippen molar-refractivity contribution < 1.29 is 4.74 Å². The zero-order valence-electron chi connectivity index (χ0n) is 8.37. The van der Waals surface area contributed by atoms with Crippen molar-refractivity contribution in [3.63, 3.8) is 0 Å². The average molecular weight is 194 g/mol. The second-order valence-corrected chi connectivity index (χ2v) is 4.18. The fourth-order valence-corrected chi connectivity index (χ4v) is 0.974. The van der Waals surface area contributed by atoms with E-state index in [-0.39, 0.29) is 0 Å². The molecule has 0 aliphatic carbocycles. The van der Waals surface area contributed by atoms with Gasteiger partial charge in [-0.15, -0.1) is 0 Å². The zero-order chi connectivity index (χ0) is 9.94. The molecule has 0 rings (SSSR count). The molecule has 0 amide bonds. The second-order valence-electron chi connectivity index (χ2n) is 2.63. The predicted octanol–water partition coefficient (Wildman–Crippen LogP) is 2.50. The van der Waals surface area contributed by atoms with Crippen LogP contribution in [-0.2, 0) is 4.74 Å². The van der Waals surface area contributed by atoms with E-state index in [9.17, 15) is 0 Å². The average Bonchev–Trinajstić information content (AvgIpc) is 2.09. The van der Waals surface area contributed by atoms with E-state index in [0.29, 0.717) is 12.3 Å². The van der Waals surface area contributed by atoms with E-state index in [1.165, 1.54) is 8.20 Å². The van der Waals surface area contributed by atoms with E-state index in [4.69, 9.17) is 4.74 Å². The molecule has 0 atom stereocenters. The van der Waals surface area contributed by atoms with Crippen molar-refractivity contribution in [2.75, 3.05) is 13.7 Å². The van der Waals surface area contributed by atoms with Gasteiger partial charge in [0.25, 0.3) is 0 Å². The van der Waals surface area contributed by atoms with Crippen molar-refractivity contribution in [1.82, 2.24) is 0 Å².